The Labute approximate surface area is 90.1 Å². The molecule has 0 aromatic carbocycles. The fourth-order valence-electron chi connectivity index (χ4n) is 2.44. The van der Waals surface area contributed by atoms with Gasteiger partial charge in [-0.25, -0.2) is 0 Å². The fourth-order valence-corrected chi connectivity index (χ4v) is 2.44. The minimum absolute atomic E-state index is 0.0239. The molecule has 84 valence electrons. The molecule has 2 rings (SSSR count). The molecule has 0 aromatic rings. The first-order chi connectivity index (χ1) is 7.22. The maximum Gasteiger partial charge on any atom is 0.250 e. The number of hydrogen-bond donors (Lipinski definition) is 1. The molecule has 1 aliphatic carbocycles. The Hall–Kier alpha value is -0.900. The van der Waals surface area contributed by atoms with E-state index in [1.54, 1.807) is 7.11 Å². The first kappa shape index (κ1) is 10.6. The number of methoxy groups -OCH3 is 1. The van der Waals surface area contributed by atoms with Crippen molar-refractivity contribution in [2.24, 2.45) is 4.99 Å². The van der Waals surface area contributed by atoms with E-state index in [9.17, 15) is 4.79 Å². The summed E-state index contributed by atoms with van der Waals surface area (Å²) in [4.78, 5) is 16.0. The lowest BCUT2D eigenvalue weighted by molar-refractivity contribution is -0.120. The van der Waals surface area contributed by atoms with Crippen molar-refractivity contribution in [3.05, 3.63) is 0 Å². The predicted molar refractivity (Wildman–Crippen MR) is 57.9 cm³/mol. The van der Waals surface area contributed by atoms with Crippen LogP contribution in [0.25, 0.3) is 0 Å². The van der Waals surface area contributed by atoms with Gasteiger partial charge in [0.1, 0.15) is 17.5 Å². The third-order valence-electron chi connectivity index (χ3n) is 3.45. The van der Waals surface area contributed by atoms with Gasteiger partial charge in [-0.2, -0.15) is 0 Å². The Morgan fingerprint density at radius 1 is 1.53 bits per heavy atom. The molecule has 1 N–H and O–H groups in total. The second kappa shape index (κ2) is 3.93. The molecule has 0 spiro atoms. The predicted octanol–water partition coefficient (Wildman–Crippen LogP) is 1.25. The third kappa shape index (κ3) is 1.67. The zero-order chi connectivity index (χ0) is 10.9. The zero-order valence-electron chi connectivity index (χ0n) is 9.38. The lowest BCUT2D eigenvalue weighted by Gasteiger charge is -2.26. The molecule has 1 atom stereocenters. The van der Waals surface area contributed by atoms with Gasteiger partial charge in [0.25, 0.3) is 0 Å². The highest BCUT2D eigenvalue weighted by molar-refractivity contribution is 6.09. The number of ether oxygens (including phenoxy) is 1. The Morgan fingerprint density at radius 2 is 2.20 bits per heavy atom. The summed E-state index contributed by atoms with van der Waals surface area (Å²) in [5.74, 6) is 0.787. The number of nitrogens with zero attached hydrogens (tertiary/aromatic N) is 1. The minimum Gasteiger partial charge on any atom is -0.370 e. The van der Waals surface area contributed by atoms with Gasteiger partial charge in [0.15, 0.2) is 0 Å². The topological polar surface area (TPSA) is 50.7 Å². The van der Waals surface area contributed by atoms with Crippen LogP contribution in [0.5, 0.6) is 0 Å². The van der Waals surface area contributed by atoms with Crippen molar-refractivity contribution >= 4 is 11.7 Å². The van der Waals surface area contributed by atoms with Gasteiger partial charge in [0.05, 0.1) is 0 Å². The average Bonchev–Trinajstić information content (AvgIpc) is 2.84. The highest BCUT2D eigenvalue weighted by atomic mass is 16.5. The molecule has 0 saturated heterocycles. The fraction of sp³-hybridized carbons (Fsp3) is 0.818. The molecule has 1 aliphatic heterocycles. The third-order valence-corrected chi connectivity index (χ3v) is 3.45. The molecule has 1 heterocycles. The summed E-state index contributed by atoms with van der Waals surface area (Å²) in [6, 6.07) is -0.201. The van der Waals surface area contributed by atoms with Gasteiger partial charge in [-0.15, -0.1) is 0 Å². The van der Waals surface area contributed by atoms with Crippen LogP contribution in [0.3, 0.4) is 0 Å². The van der Waals surface area contributed by atoms with Crippen LogP contribution in [0.4, 0.5) is 0 Å². The van der Waals surface area contributed by atoms with Crippen molar-refractivity contribution < 1.29 is 9.53 Å². The van der Waals surface area contributed by atoms with Crippen LogP contribution < -0.4 is 5.32 Å². The number of hydrogen-bond acceptors (Lipinski definition) is 3. The maximum absolute atomic E-state index is 11.5. The monoisotopic (exact) mass is 210 g/mol. The van der Waals surface area contributed by atoms with Crippen molar-refractivity contribution in [2.45, 2.75) is 50.7 Å². The van der Waals surface area contributed by atoms with E-state index in [1.165, 1.54) is 0 Å². The van der Waals surface area contributed by atoms with E-state index in [-0.39, 0.29) is 17.6 Å². The maximum atomic E-state index is 11.5. The van der Waals surface area contributed by atoms with Crippen LogP contribution in [-0.4, -0.2) is 30.5 Å². The van der Waals surface area contributed by atoms with E-state index in [0.717, 1.165) is 37.9 Å². The molecule has 2 aliphatic rings. The standard InChI is InChI=1S/C11H18N2O2/c1-3-8-9(14)13-10(12-8)11(15-2)6-4-5-7-11/h8H,3-7H2,1-2H3,(H,12,13,14). The molecule has 1 amide bonds. The van der Waals surface area contributed by atoms with E-state index >= 15 is 0 Å². The van der Waals surface area contributed by atoms with Gasteiger partial charge in [-0.3, -0.25) is 9.79 Å². The van der Waals surface area contributed by atoms with Gasteiger partial charge in [-0.1, -0.05) is 6.92 Å². The summed E-state index contributed by atoms with van der Waals surface area (Å²) in [6.45, 7) is 1.98. The minimum atomic E-state index is -0.306. The molecule has 0 aromatic heterocycles. The number of aliphatic imine (C=N–C) groups is 1. The normalized spacial score (nSPS) is 29.1. The quantitative estimate of drug-likeness (QED) is 0.762. The van der Waals surface area contributed by atoms with Crippen molar-refractivity contribution in [1.82, 2.24) is 5.32 Å². The van der Waals surface area contributed by atoms with Crippen LogP contribution in [0.2, 0.25) is 0 Å². The smallest absolute Gasteiger partial charge is 0.250 e. The van der Waals surface area contributed by atoms with Crippen LogP contribution in [0, 0.1) is 0 Å². The molecule has 1 fully saturated rings. The molecule has 4 nitrogen and oxygen atoms in total. The molecule has 1 unspecified atom stereocenters. The van der Waals surface area contributed by atoms with Crippen LogP contribution in [0.1, 0.15) is 39.0 Å². The summed E-state index contributed by atoms with van der Waals surface area (Å²) in [7, 11) is 1.71. The summed E-state index contributed by atoms with van der Waals surface area (Å²) in [6.07, 6.45) is 5.01. The molecule has 0 radical (unpaired) electrons. The second-order valence-electron chi connectivity index (χ2n) is 4.30. The first-order valence-corrected chi connectivity index (χ1v) is 5.66. The lowest BCUT2D eigenvalue weighted by Crippen LogP contribution is -2.45. The summed E-state index contributed by atoms with van der Waals surface area (Å²) >= 11 is 0. The van der Waals surface area contributed by atoms with Crippen LogP contribution >= 0.6 is 0 Å². The SMILES string of the molecule is CCC1N=C(C2(OC)CCCC2)NC1=O. The number of amidine groups is 1. The summed E-state index contributed by atoms with van der Waals surface area (Å²) in [5, 5.41) is 2.87. The van der Waals surface area contributed by atoms with Gasteiger partial charge in [0, 0.05) is 7.11 Å². The Bertz CT molecular complexity index is 293. The van der Waals surface area contributed by atoms with Crippen LogP contribution in [-0.2, 0) is 9.53 Å². The highest BCUT2D eigenvalue weighted by Crippen LogP contribution is 2.34. The molecule has 0 bridgehead atoms. The zero-order valence-corrected chi connectivity index (χ0v) is 9.38. The number of carbonyl (C=O) groups excluding carboxylic acids is 1. The number of rotatable bonds is 3. The van der Waals surface area contributed by atoms with E-state index in [4.69, 9.17) is 4.74 Å². The summed E-state index contributed by atoms with van der Waals surface area (Å²) < 4.78 is 5.58. The number of amides is 1. The van der Waals surface area contributed by atoms with E-state index in [0.29, 0.717) is 0 Å². The number of carbonyl (C=O) groups is 1. The van der Waals surface area contributed by atoms with Crippen molar-refractivity contribution in [3.8, 4) is 0 Å². The van der Waals surface area contributed by atoms with E-state index in [2.05, 4.69) is 10.3 Å². The van der Waals surface area contributed by atoms with Gasteiger partial charge in [0.2, 0.25) is 5.91 Å². The van der Waals surface area contributed by atoms with Gasteiger partial charge >= 0.3 is 0 Å². The van der Waals surface area contributed by atoms with Crippen LogP contribution in [0.15, 0.2) is 4.99 Å². The Balaban J connectivity index is 2.20. The van der Waals surface area contributed by atoms with Gasteiger partial charge < -0.3 is 10.1 Å². The summed E-state index contributed by atoms with van der Waals surface area (Å²) in [5.41, 5.74) is -0.306. The molecule has 4 heteroatoms. The Kier molecular flexibility index (Phi) is 2.78. The largest absolute Gasteiger partial charge is 0.370 e. The van der Waals surface area contributed by atoms with Crippen molar-refractivity contribution in [2.75, 3.05) is 7.11 Å². The lowest BCUT2D eigenvalue weighted by atomic mass is 10.0. The van der Waals surface area contributed by atoms with E-state index in [1.807, 2.05) is 6.92 Å². The second-order valence-corrected chi connectivity index (χ2v) is 4.30. The first-order valence-electron chi connectivity index (χ1n) is 5.66. The number of nitrogens with one attached hydrogen (secondary N) is 1. The highest BCUT2D eigenvalue weighted by Gasteiger charge is 2.43. The van der Waals surface area contributed by atoms with Crippen molar-refractivity contribution in [3.63, 3.8) is 0 Å². The van der Waals surface area contributed by atoms with E-state index < -0.39 is 0 Å². The average molecular weight is 210 g/mol. The van der Waals surface area contributed by atoms with Crippen molar-refractivity contribution in [1.29, 1.82) is 0 Å². The Morgan fingerprint density at radius 3 is 2.67 bits per heavy atom. The molecule has 1 saturated carbocycles. The molecular formula is C11H18N2O2. The molecular weight excluding hydrogens is 192 g/mol. The van der Waals surface area contributed by atoms with Gasteiger partial charge in [-0.05, 0) is 32.1 Å². The molecule has 15 heavy (non-hydrogen) atoms.